The van der Waals surface area contributed by atoms with Crippen molar-refractivity contribution in [3.63, 3.8) is 0 Å². The van der Waals surface area contributed by atoms with Crippen LogP contribution < -0.4 is 10.1 Å². The predicted octanol–water partition coefficient (Wildman–Crippen LogP) is 2.73. The number of hydrogen-bond donors (Lipinski definition) is 2. The second kappa shape index (κ2) is 6.81. The highest BCUT2D eigenvalue weighted by Gasteiger charge is 1.96. The maximum absolute atomic E-state index is 9.19. The van der Waals surface area contributed by atoms with E-state index in [1.807, 2.05) is 24.3 Å². The molecule has 0 aliphatic rings. The fraction of sp³-hybridized carbons (Fsp3) is 0.250. The molecule has 0 bridgehead atoms. The van der Waals surface area contributed by atoms with Crippen LogP contribution in [0.15, 0.2) is 48.5 Å². The molecule has 0 atom stereocenters. The molecule has 2 rings (SSSR count). The Labute approximate surface area is 113 Å². The predicted molar refractivity (Wildman–Crippen MR) is 76.5 cm³/mol. The molecule has 2 aromatic rings. The van der Waals surface area contributed by atoms with Gasteiger partial charge in [0.15, 0.2) is 0 Å². The van der Waals surface area contributed by atoms with Gasteiger partial charge in [0.05, 0.1) is 7.11 Å². The van der Waals surface area contributed by atoms with Crippen LogP contribution >= 0.6 is 0 Å². The van der Waals surface area contributed by atoms with Gasteiger partial charge < -0.3 is 15.2 Å². The number of methoxy groups -OCH3 is 1. The van der Waals surface area contributed by atoms with Crippen LogP contribution in [0.5, 0.6) is 11.5 Å². The maximum atomic E-state index is 9.19. The Morgan fingerprint density at radius 3 is 2.21 bits per heavy atom. The van der Waals surface area contributed by atoms with Crippen LogP contribution in [0, 0.1) is 0 Å². The summed E-state index contributed by atoms with van der Waals surface area (Å²) in [5.74, 6) is 1.20. The molecule has 0 amide bonds. The van der Waals surface area contributed by atoms with E-state index in [4.69, 9.17) is 4.74 Å². The molecular formula is C16H19NO2. The minimum atomic E-state index is 0.307. The third-order valence-corrected chi connectivity index (χ3v) is 3.01. The van der Waals surface area contributed by atoms with Crippen molar-refractivity contribution in [2.24, 2.45) is 0 Å². The van der Waals surface area contributed by atoms with E-state index in [1.165, 1.54) is 11.1 Å². The Bertz CT molecular complexity index is 491. The normalized spacial score (nSPS) is 10.4. The molecule has 0 aliphatic carbocycles. The summed E-state index contributed by atoms with van der Waals surface area (Å²) in [7, 11) is 1.67. The van der Waals surface area contributed by atoms with Crippen molar-refractivity contribution in [1.29, 1.82) is 0 Å². The molecule has 19 heavy (non-hydrogen) atoms. The standard InChI is InChI=1S/C16H19NO2/c1-19-16-8-4-13(5-9-16)10-11-17-12-14-2-6-15(18)7-3-14/h2-9,17-18H,10-12H2,1H3. The Hall–Kier alpha value is -2.00. The van der Waals surface area contributed by atoms with Gasteiger partial charge in [-0.15, -0.1) is 0 Å². The first-order valence-corrected chi connectivity index (χ1v) is 6.39. The van der Waals surface area contributed by atoms with Gasteiger partial charge in [-0.05, 0) is 48.4 Å². The van der Waals surface area contributed by atoms with Crippen LogP contribution in [0.4, 0.5) is 0 Å². The first-order valence-electron chi connectivity index (χ1n) is 6.39. The second-order valence-electron chi connectivity index (χ2n) is 4.44. The van der Waals surface area contributed by atoms with Crippen molar-refractivity contribution >= 4 is 0 Å². The van der Waals surface area contributed by atoms with E-state index in [9.17, 15) is 5.11 Å². The fourth-order valence-electron chi connectivity index (χ4n) is 1.87. The average molecular weight is 257 g/mol. The van der Waals surface area contributed by atoms with Crippen LogP contribution in [0.2, 0.25) is 0 Å². The summed E-state index contributed by atoms with van der Waals surface area (Å²) in [6, 6.07) is 15.4. The van der Waals surface area contributed by atoms with Crippen molar-refractivity contribution in [2.75, 3.05) is 13.7 Å². The number of phenolic OH excluding ortho intramolecular Hbond substituents is 1. The Kier molecular flexibility index (Phi) is 4.81. The van der Waals surface area contributed by atoms with Crippen molar-refractivity contribution in [3.8, 4) is 11.5 Å². The van der Waals surface area contributed by atoms with Gasteiger partial charge in [0.25, 0.3) is 0 Å². The van der Waals surface area contributed by atoms with Gasteiger partial charge >= 0.3 is 0 Å². The van der Waals surface area contributed by atoms with Gasteiger partial charge in [0.1, 0.15) is 11.5 Å². The molecular weight excluding hydrogens is 238 g/mol. The topological polar surface area (TPSA) is 41.5 Å². The van der Waals surface area contributed by atoms with Crippen LogP contribution in [0.1, 0.15) is 11.1 Å². The molecule has 0 unspecified atom stereocenters. The first-order chi connectivity index (χ1) is 9.28. The molecule has 3 heteroatoms. The van der Waals surface area contributed by atoms with E-state index in [-0.39, 0.29) is 0 Å². The summed E-state index contributed by atoms with van der Waals surface area (Å²) < 4.78 is 5.13. The van der Waals surface area contributed by atoms with E-state index in [1.54, 1.807) is 19.2 Å². The number of rotatable bonds is 6. The van der Waals surface area contributed by atoms with Gasteiger partial charge in [0, 0.05) is 6.54 Å². The second-order valence-corrected chi connectivity index (χ2v) is 4.44. The molecule has 0 aromatic heterocycles. The SMILES string of the molecule is COc1ccc(CCNCc2ccc(O)cc2)cc1. The van der Waals surface area contributed by atoms with E-state index in [2.05, 4.69) is 17.4 Å². The monoisotopic (exact) mass is 257 g/mol. The molecule has 0 radical (unpaired) electrons. The Balaban J connectivity index is 1.72. The summed E-state index contributed by atoms with van der Waals surface area (Å²) in [5.41, 5.74) is 2.46. The molecule has 100 valence electrons. The molecule has 0 saturated heterocycles. The van der Waals surface area contributed by atoms with Crippen molar-refractivity contribution in [1.82, 2.24) is 5.32 Å². The molecule has 0 fully saturated rings. The highest BCUT2D eigenvalue weighted by atomic mass is 16.5. The van der Waals surface area contributed by atoms with Crippen LogP contribution in [0.3, 0.4) is 0 Å². The largest absolute Gasteiger partial charge is 0.508 e. The lowest BCUT2D eigenvalue weighted by Gasteiger charge is -2.06. The molecule has 3 nitrogen and oxygen atoms in total. The lowest BCUT2D eigenvalue weighted by Crippen LogP contribution is -2.16. The number of aromatic hydroxyl groups is 1. The maximum Gasteiger partial charge on any atom is 0.118 e. The Morgan fingerprint density at radius 2 is 1.58 bits per heavy atom. The molecule has 2 N–H and O–H groups in total. The van der Waals surface area contributed by atoms with E-state index in [0.717, 1.165) is 25.3 Å². The van der Waals surface area contributed by atoms with Crippen LogP contribution in [0.25, 0.3) is 0 Å². The zero-order valence-corrected chi connectivity index (χ0v) is 11.1. The molecule has 2 aromatic carbocycles. The van der Waals surface area contributed by atoms with Gasteiger partial charge in [-0.3, -0.25) is 0 Å². The molecule has 0 saturated carbocycles. The molecule has 0 spiro atoms. The zero-order valence-electron chi connectivity index (χ0n) is 11.1. The summed E-state index contributed by atoms with van der Waals surface area (Å²) >= 11 is 0. The number of phenols is 1. The zero-order chi connectivity index (χ0) is 13.5. The summed E-state index contributed by atoms with van der Waals surface area (Å²) in [4.78, 5) is 0. The van der Waals surface area contributed by atoms with Gasteiger partial charge in [-0.1, -0.05) is 24.3 Å². The van der Waals surface area contributed by atoms with Crippen LogP contribution in [-0.4, -0.2) is 18.8 Å². The van der Waals surface area contributed by atoms with Crippen LogP contribution in [-0.2, 0) is 13.0 Å². The minimum Gasteiger partial charge on any atom is -0.508 e. The van der Waals surface area contributed by atoms with Crippen molar-refractivity contribution in [3.05, 3.63) is 59.7 Å². The van der Waals surface area contributed by atoms with E-state index in [0.29, 0.717) is 5.75 Å². The van der Waals surface area contributed by atoms with Crippen molar-refractivity contribution < 1.29 is 9.84 Å². The number of ether oxygens (including phenoxy) is 1. The fourth-order valence-corrected chi connectivity index (χ4v) is 1.87. The minimum absolute atomic E-state index is 0.307. The lowest BCUT2D eigenvalue weighted by atomic mass is 10.1. The summed E-state index contributed by atoms with van der Waals surface area (Å²) in [5, 5.41) is 12.6. The van der Waals surface area contributed by atoms with Gasteiger partial charge in [-0.2, -0.15) is 0 Å². The van der Waals surface area contributed by atoms with Gasteiger partial charge in [0.2, 0.25) is 0 Å². The lowest BCUT2D eigenvalue weighted by molar-refractivity contribution is 0.414. The highest BCUT2D eigenvalue weighted by Crippen LogP contribution is 2.12. The molecule has 0 aliphatic heterocycles. The number of nitrogens with one attached hydrogen (secondary N) is 1. The van der Waals surface area contributed by atoms with Gasteiger partial charge in [-0.25, -0.2) is 0 Å². The van der Waals surface area contributed by atoms with E-state index < -0.39 is 0 Å². The Morgan fingerprint density at radius 1 is 0.947 bits per heavy atom. The highest BCUT2D eigenvalue weighted by molar-refractivity contribution is 5.27. The average Bonchev–Trinajstić information content (AvgIpc) is 2.46. The van der Waals surface area contributed by atoms with E-state index >= 15 is 0 Å². The number of hydrogen-bond acceptors (Lipinski definition) is 3. The third-order valence-electron chi connectivity index (χ3n) is 3.01. The number of benzene rings is 2. The summed E-state index contributed by atoms with van der Waals surface area (Å²) in [6.07, 6.45) is 0.988. The van der Waals surface area contributed by atoms with Crippen molar-refractivity contribution in [2.45, 2.75) is 13.0 Å². The quantitative estimate of drug-likeness (QED) is 0.782. The smallest absolute Gasteiger partial charge is 0.118 e. The third kappa shape index (κ3) is 4.30. The summed E-state index contributed by atoms with van der Waals surface area (Å²) in [6.45, 7) is 1.74. The molecule has 0 heterocycles. The first kappa shape index (κ1) is 13.4.